The van der Waals surface area contributed by atoms with Gasteiger partial charge in [0, 0.05) is 23.7 Å². The number of unbranched alkanes of at least 4 members (excludes halogenated alkanes) is 1. The summed E-state index contributed by atoms with van der Waals surface area (Å²) in [6.07, 6.45) is 2.20. The molecule has 0 aliphatic carbocycles. The van der Waals surface area contributed by atoms with E-state index < -0.39 is 17.2 Å². The van der Waals surface area contributed by atoms with Crippen molar-refractivity contribution < 1.29 is 4.79 Å². The lowest BCUT2D eigenvalue weighted by Crippen LogP contribution is -2.41. The number of carbonyl (C=O) groups is 1. The fourth-order valence-electron chi connectivity index (χ4n) is 2.69. The molecule has 7 nitrogen and oxygen atoms in total. The molecule has 2 rings (SSSR count). The molecule has 0 atom stereocenters. The van der Waals surface area contributed by atoms with Crippen molar-refractivity contribution in [3.05, 3.63) is 55.7 Å². The highest BCUT2D eigenvalue weighted by Gasteiger charge is 2.24. The largest absolute Gasteiger partial charge is 0.383 e. The van der Waals surface area contributed by atoms with Gasteiger partial charge >= 0.3 is 5.69 Å². The molecule has 1 heterocycles. The van der Waals surface area contributed by atoms with Crippen LogP contribution in [0.3, 0.4) is 0 Å². The average Bonchev–Trinajstić information content (AvgIpc) is 2.60. The van der Waals surface area contributed by atoms with Crippen LogP contribution in [-0.4, -0.2) is 22.0 Å². The fraction of sp³-hybridized carbons (Fsp3) is 0.389. The maximum Gasteiger partial charge on any atom is 0.330 e. The van der Waals surface area contributed by atoms with E-state index in [2.05, 4.69) is 4.98 Å². The molecule has 8 heteroatoms. The first-order valence-electron chi connectivity index (χ1n) is 8.60. The van der Waals surface area contributed by atoms with Crippen molar-refractivity contribution in [2.45, 2.75) is 39.7 Å². The molecule has 0 fully saturated rings. The number of aromatic amines is 1. The van der Waals surface area contributed by atoms with Crippen LogP contribution >= 0.6 is 11.6 Å². The zero-order valence-electron chi connectivity index (χ0n) is 14.9. The van der Waals surface area contributed by atoms with Crippen LogP contribution in [0.2, 0.25) is 5.02 Å². The molecule has 26 heavy (non-hydrogen) atoms. The molecule has 2 aromatic rings. The number of amides is 1. The third-order valence-corrected chi connectivity index (χ3v) is 4.22. The standard InChI is InChI=1S/C18H23ClN4O3/c1-3-5-10-23-15(20)14(16(24)21-18(23)26)22(9-4-2)17(25)12-7-6-8-13(19)11-12/h6-8,11H,3-5,9-10,20H2,1-2H3,(H,21,24,26). The number of H-pyrrole nitrogens is 1. The smallest absolute Gasteiger partial charge is 0.330 e. The third kappa shape index (κ3) is 4.16. The predicted molar refractivity (Wildman–Crippen MR) is 104 cm³/mol. The van der Waals surface area contributed by atoms with E-state index in [1.165, 1.54) is 15.5 Å². The predicted octanol–water partition coefficient (Wildman–Crippen LogP) is 2.63. The van der Waals surface area contributed by atoms with Gasteiger partial charge in [-0.1, -0.05) is 37.9 Å². The van der Waals surface area contributed by atoms with Crippen LogP contribution in [0.5, 0.6) is 0 Å². The van der Waals surface area contributed by atoms with Gasteiger partial charge in [0.15, 0.2) is 5.69 Å². The lowest BCUT2D eigenvalue weighted by molar-refractivity contribution is 0.0986. The summed E-state index contributed by atoms with van der Waals surface area (Å²) in [4.78, 5) is 41.1. The second kappa shape index (κ2) is 8.71. The molecular formula is C18H23ClN4O3. The number of carbonyl (C=O) groups excluding carboxylic acids is 1. The van der Waals surface area contributed by atoms with Crippen molar-refractivity contribution in [2.75, 3.05) is 17.2 Å². The second-order valence-electron chi connectivity index (χ2n) is 5.97. The molecule has 1 aromatic heterocycles. The summed E-state index contributed by atoms with van der Waals surface area (Å²) in [5, 5.41) is 0.419. The molecule has 0 saturated carbocycles. The second-order valence-corrected chi connectivity index (χ2v) is 6.40. The molecule has 0 aliphatic rings. The molecule has 1 amide bonds. The zero-order chi connectivity index (χ0) is 19.3. The Morgan fingerprint density at radius 1 is 1.27 bits per heavy atom. The Hall–Kier alpha value is -2.54. The van der Waals surface area contributed by atoms with Gasteiger partial charge in [-0.2, -0.15) is 0 Å². The van der Waals surface area contributed by atoms with Gasteiger partial charge in [-0.3, -0.25) is 19.1 Å². The topological polar surface area (TPSA) is 101 Å². The normalized spacial score (nSPS) is 10.7. The van der Waals surface area contributed by atoms with Gasteiger partial charge in [-0.05, 0) is 31.0 Å². The maximum atomic E-state index is 13.0. The third-order valence-electron chi connectivity index (χ3n) is 3.98. The number of rotatable bonds is 7. The number of nitrogens with two attached hydrogens (primary N) is 1. The summed E-state index contributed by atoms with van der Waals surface area (Å²) in [5.74, 6) is -0.400. The summed E-state index contributed by atoms with van der Waals surface area (Å²) in [6.45, 7) is 4.52. The van der Waals surface area contributed by atoms with Crippen molar-refractivity contribution in [1.29, 1.82) is 0 Å². The van der Waals surface area contributed by atoms with Crippen LogP contribution in [0, 0.1) is 0 Å². The van der Waals surface area contributed by atoms with Crippen LogP contribution in [0.1, 0.15) is 43.5 Å². The summed E-state index contributed by atoms with van der Waals surface area (Å²) in [7, 11) is 0. The molecule has 0 aliphatic heterocycles. The summed E-state index contributed by atoms with van der Waals surface area (Å²) in [6, 6.07) is 6.47. The maximum absolute atomic E-state index is 13.0. The van der Waals surface area contributed by atoms with Gasteiger partial charge in [0.1, 0.15) is 5.82 Å². The van der Waals surface area contributed by atoms with Crippen LogP contribution in [-0.2, 0) is 6.54 Å². The first-order valence-corrected chi connectivity index (χ1v) is 8.98. The number of nitrogens with zero attached hydrogens (tertiary/aromatic N) is 2. The first kappa shape index (κ1) is 19.8. The molecule has 0 radical (unpaired) electrons. The lowest BCUT2D eigenvalue weighted by atomic mass is 10.2. The van der Waals surface area contributed by atoms with Gasteiger partial charge in [-0.15, -0.1) is 0 Å². The highest BCUT2D eigenvalue weighted by atomic mass is 35.5. The van der Waals surface area contributed by atoms with E-state index in [0.29, 0.717) is 23.6 Å². The number of anilines is 2. The highest BCUT2D eigenvalue weighted by molar-refractivity contribution is 6.31. The van der Waals surface area contributed by atoms with Gasteiger partial charge in [0.05, 0.1) is 0 Å². The van der Waals surface area contributed by atoms with Crippen molar-refractivity contribution in [2.24, 2.45) is 0 Å². The van der Waals surface area contributed by atoms with Crippen molar-refractivity contribution in [3.63, 3.8) is 0 Å². The Balaban J connectivity index is 2.58. The van der Waals surface area contributed by atoms with E-state index in [9.17, 15) is 14.4 Å². The van der Waals surface area contributed by atoms with Gasteiger partial charge in [0.2, 0.25) is 0 Å². The van der Waals surface area contributed by atoms with E-state index >= 15 is 0 Å². The van der Waals surface area contributed by atoms with Gasteiger partial charge in [-0.25, -0.2) is 4.79 Å². The Morgan fingerprint density at radius 2 is 2.00 bits per heavy atom. The Labute approximate surface area is 156 Å². The van der Waals surface area contributed by atoms with Crippen molar-refractivity contribution >= 4 is 29.0 Å². The van der Waals surface area contributed by atoms with E-state index in [1.54, 1.807) is 18.2 Å². The van der Waals surface area contributed by atoms with Crippen molar-refractivity contribution in [1.82, 2.24) is 9.55 Å². The molecule has 0 unspecified atom stereocenters. The van der Waals surface area contributed by atoms with E-state index in [4.69, 9.17) is 17.3 Å². The van der Waals surface area contributed by atoms with E-state index in [-0.39, 0.29) is 18.1 Å². The van der Waals surface area contributed by atoms with E-state index in [0.717, 1.165) is 12.8 Å². The fourth-order valence-corrected chi connectivity index (χ4v) is 2.88. The van der Waals surface area contributed by atoms with Crippen molar-refractivity contribution in [3.8, 4) is 0 Å². The quantitative estimate of drug-likeness (QED) is 0.773. The summed E-state index contributed by atoms with van der Waals surface area (Å²) >= 11 is 5.97. The Morgan fingerprint density at radius 3 is 2.62 bits per heavy atom. The van der Waals surface area contributed by atoms with Crippen LogP contribution in [0.25, 0.3) is 0 Å². The summed E-state index contributed by atoms with van der Waals surface area (Å²) < 4.78 is 1.30. The number of hydrogen-bond acceptors (Lipinski definition) is 4. The van der Waals surface area contributed by atoms with Crippen LogP contribution in [0.15, 0.2) is 33.9 Å². The average molecular weight is 379 g/mol. The van der Waals surface area contributed by atoms with Crippen LogP contribution in [0.4, 0.5) is 11.5 Å². The number of hydrogen-bond donors (Lipinski definition) is 2. The lowest BCUT2D eigenvalue weighted by Gasteiger charge is -2.24. The molecule has 0 spiro atoms. The molecular weight excluding hydrogens is 356 g/mol. The Bertz CT molecular complexity index is 904. The SMILES string of the molecule is CCCCn1c(N)c(N(CCC)C(=O)c2cccc(Cl)c2)c(=O)[nH]c1=O. The number of aromatic nitrogens is 2. The zero-order valence-corrected chi connectivity index (χ0v) is 15.7. The Kier molecular flexibility index (Phi) is 6.63. The molecule has 0 saturated heterocycles. The number of benzene rings is 1. The van der Waals surface area contributed by atoms with E-state index in [1.807, 2.05) is 13.8 Å². The number of nitrogen functional groups attached to an aromatic ring is 1. The minimum Gasteiger partial charge on any atom is -0.383 e. The van der Waals surface area contributed by atoms with Gasteiger partial charge in [0.25, 0.3) is 11.5 Å². The summed E-state index contributed by atoms with van der Waals surface area (Å²) in [5.41, 5.74) is 5.21. The molecule has 0 bridgehead atoms. The van der Waals surface area contributed by atoms with Gasteiger partial charge < -0.3 is 10.6 Å². The molecule has 140 valence electrons. The number of nitrogens with one attached hydrogen (secondary N) is 1. The minimum atomic E-state index is -0.677. The molecule has 1 aromatic carbocycles. The first-order chi connectivity index (χ1) is 12.4. The minimum absolute atomic E-state index is 0.00368. The monoisotopic (exact) mass is 378 g/mol. The molecule has 3 N–H and O–H groups in total. The van der Waals surface area contributed by atoms with Crippen LogP contribution < -0.4 is 21.9 Å². The number of halogens is 1. The highest BCUT2D eigenvalue weighted by Crippen LogP contribution is 2.21.